The van der Waals surface area contributed by atoms with Crippen LogP contribution in [0.5, 0.6) is 0 Å². The molecular weight excluding hydrogens is 316 g/mol. The standard InChI is InChI=1S/C9H8Br2O3/c10-6-1-5(2-7(11)3-6)8(12)4-9(13)14/h1-3,8,12H,4H2,(H,13,14)/p-1. The molecule has 1 N–H and O–H groups in total. The van der Waals surface area contributed by atoms with Gasteiger partial charge in [0.1, 0.15) is 0 Å². The second-order valence-electron chi connectivity index (χ2n) is 2.79. The van der Waals surface area contributed by atoms with Gasteiger partial charge in [-0.05, 0) is 23.8 Å². The van der Waals surface area contributed by atoms with Crippen molar-refractivity contribution < 1.29 is 15.0 Å². The van der Waals surface area contributed by atoms with Gasteiger partial charge in [0.05, 0.1) is 6.10 Å². The summed E-state index contributed by atoms with van der Waals surface area (Å²) in [5.74, 6) is -1.27. The Kier molecular flexibility index (Phi) is 4.10. The number of hydrogen-bond acceptors (Lipinski definition) is 3. The fourth-order valence-electron chi connectivity index (χ4n) is 1.04. The predicted octanol–water partition coefficient (Wildman–Crippen LogP) is 1.39. The van der Waals surface area contributed by atoms with Gasteiger partial charge in [0.25, 0.3) is 0 Å². The molecule has 0 radical (unpaired) electrons. The van der Waals surface area contributed by atoms with Gasteiger partial charge in [-0.25, -0.2) is 0 Å². The number of carbonyl (C=O) groups excluding carboxylic acids is 1. The van der Waals surface area contributed by atoms with Crippen molar-refractivity contribution in [3.8, 4) is 0 Å². The molecule has 3 nitrogen and oxygen atoms in total. The van der Waals surface area contributed by atoms with Gasteiger partial charge < -0.3 is 15.0 Å². The molecule has 1 atom stereocenters. The Balaban J connectivity index is 2.89. The van der Waals surface area contributed by atoms with E-state index in [1.807, 2.05) is 0 Å². The van der Waals surface area contributed by atoms with Crippen LogP contribution in [0.4, 0.5) is 0 Å². The lowest BCUT2D eigenvalue weighted by Crippen LogP contribution is -2.24. The van der Waals surface area contributed by atoms with E-state index in [0.29, 0.717) is 5.56 Å². The molecule has 76 valence electrons. The minimum Gasteiger partial charge on any atom is -0.550 e. The zero-order valence-electron chi connectivity index (χ0n) is 7.04. The SMILES string of the molecule is O=C([O-])CC(O)c1cc(Br)cc(Br)c1. The fourth-order valence-corrected chi connectivity index (χ4v) is 2.37. The highest BCUT2D eigenvalue weighted by atomic mass is 79.9. The van der Waals surface area contributed by atoms with E-state index >= 15 is 0 Å². The summed E-state index contributed by atoms with van der Waals surface area (Å²) in [7, 11) is 0. The summed E-state index contributed by atoms with van der Waals surface area (Å²) in [5.41, 5.74) is 0.537. The van der Waals surface area contributed by atoms with Gasteiger partial charge in [-0.2, -0.15) is 0 Å². The van der Waals surface area contributed by atoms with E-state index < -0.39 is 18.5 Å². The van der Waals surface area contributed by atoms with Crippen molar-refractivity contribution in [2.24, 2.45) is 0 Å². The number of halogens is 2. The van der Waals surface area contributed by atoms with Crippen LogP contribution in [0, 0.1) is 0 Å². The fraction of sp³-hybridized carbons (Fsp3) is 0.222. The molecule has 1 rings (SSSR count). The van der Waals surface area contributed by atoms with Crippen LogP contribution < -0.4 is 5.11 Å². The van der Waals surface area contributed by atoms with Crippen LogP contribution in [0.1, 0.15) is 18.1 Å². The Bertz CT molecular complexity index is 332. The van der Waals surface area contributed by atoms with Crippen LogP contribution in [0.25, 0.3) is 0 Å². The molecule has 0 bridgehead atoms. The van der Waals surface area contributed by atoms with E-state index in [4.69, 9.17) is 0 Å². The summed E-state index contributed by atoms with van der Waals surface area (Å²) in [5, 5.41) is 19.7. The largest absolute Gasteiger partial charge is 0.550 e. The molecule has 5 heteroatoms. The minimum atomic E-state index is -1.27. The van der Waals surface area contributed by atoms with E-state index in [2.05, 4.69) is 31.9 Å². The van der Waals surface area contributed by atoms with Gasteiger partial charge in [0.15, 0.2) is 0 Å². The van der Waals surface area contributed by atoms with Crippen molar-refractivity contribution in [1.29, 1.82) is 0 Å². The van der Waals surface area contributed by atoms with E-state index in [9.17, 15) is 15.0 Å². The maximum Gasteiger partial charge on any atom is 0.0842 e. The minimum absolute atomic E-state index is 0.400. The lowest BCUT2D eigenvalue weighted by atomic mass is 10.1. The summed E-state index contributed by atoms with van der Waals surface area (Å²) >= 11 is 6.49. The molecule has 1 aromatic carbocycles. The van der Waals surface area contributed by atoms with Gasteiger partial charge in [-0.1, -0.05) is 31.9 Å². The number of aliphatic carboxylic acids is 1. The molecule has 0 saturated carbocycles. The maximum atomic E-state index is 10.3. The topological polar surface area (TPSA) is 60.4 Å². The third-order valence-corrected chi connectivity index (χ3v) is 2.55. The lowest BCUT2D eigenvalue weighted by Gasteiger charge is -2.12. The molecule has 14 heavy (non-hydrogen) atoms. The summed E-state index contributed by atoms with van der Waals surface area (Å²) in [6.45, 7) is 0. The second-order valence-corrected chi connectivity index (χ2v) is 4.63. The first-order valence-electron chi connectivity index (χ1n) is 3.83. The molecule has 0 aliphatic heterocycles. The van der Waals surface area contributed by atoms with Gasteiger partial charge >= 0.3 is 0 Å². The number of carboxylic acid groups (broad SMARTS) is 1. The predicted molar refractivity (Wildman–Crippen MR) is 56.4 cm³/mol. The van der Waals surface area contributed by atoms with Crippen molar-refractivity contribution in [2.45, 2.75) is 12.5 Å². The Morgan fingerprint density at radius 2 is 1.86 bits per heavy atom. The monoisotopic (exact) mass is 321 g/mol. The molecule has 0 amide bonds. The van der Waals surface area contributed by atoms with Gasteiger partial charge in [-0.3, -0.25) is 0 Å². The molecular formula is C9H7Br2O3-. The van der Waals surface area contributed by atoms with Crippen LogP contribution in [0.3, 0.4) is 0 Å². The van der Waals surface area contributed by atoms with E-state index in [1.54, 1.807) is 18.2 Å². The number of aliphatic hydroxyl groups excluding tert-OH is 1. The maximum absolute atomic E-state index is 10.3. The Morgan fingerprint density at radius 1 is 1.36 bits per heavy atom. The molecule has 0 saturated heterocycles. The quantitative estimate of drug-likeness (QED) is 0.914. The lowest BCUT2D eigenvalue weighted by molar-refractivity contribution is -0.307. The summed E-state index contributed by atoms with van der Waals surface area (Å²) in [6.07, 6.45) is -1.43. The molecule has 0 aliphatic carbocycles. The molecule has 0 fully saturated rings. The zero-order chi connectivity index (χ0) is 10.7. The second kappa shape index (κ2) is 4.91. The number of hydrogen-bond donors (Lipinski definition) is 1. The van der Waals surface area contributed by atoms with E-state index in [0.717, 1.165) is 8.95 Å². The smallest absolute Gasteiger partial charge is 0.0842 e. The summed E-state index contributed by atoms with van der Waals surface area (Å²) < 4.78 is 1.55. The van der Waals surface area contributed by atoms with Crippen LogP contribution in [0.2, 0.25) is 0 Å². The highest BCUT2D eigenvalue weighted by Crippen LogP contribution is 2.25. The molecule has 0 heterocycles. The van der Waals surface area contributed by atoms with Crippen molar-refractivity contribution in [3.05, 3.63) is 32.7 Å². The molecule has 1 unspecified atom stereocenters. The first kappa shape index (κ1) is 11.7. The summed E-state index contributed by atoms with van der Waals surface area (Å²) in [4.78, 5) is 10.3. The average Bonchev–Trinajstić information content (AvgIpc) is 2.00. The third kappa shape index (κ3) is 3.40. The number of carboxylic acids is 1. The Morgan fingerprint density at radius 3 is 2.29 bits per heavy atom. The van der Waals surface area contributed by atoms with Gasteiger partial charge in [-0.15, -0.1) is 0 Å². The Hall–Kier alpha value is -0.390. The number of rotatable bonds is 3. The normalized spacial score (nSPS) is 12.5. The van der Waals surface area contributed by atoms with Gasteiger partial charge in [0.2, 0.25) is 0 Å². The van der Waals surface area contributed by atoms with Crippen LogP contribution >= 0.6 is 31.9 Å². The molecule has 0 aliphatic rings. The van der Waals surface area contributed by atoms with E-state index in [-0.39, 0.29) is 0 Å². The van der Waals surface area contributed by atoms with Crippen molar-refractivity contribution in [2.75, 3.05) is 0 Å². The average molecular weight is 323 g/mol. The van der Waals surface area contributed by atoms with Crippen molar-refractivity contribution in [1.82, 2.24) is 0 Å². The van der Waals surface area contributed by atoms with Crippen LogP contribution in [-0.4, -0.2) is 11.1 Å². The van der Waals surface area contributed by atoms with Crippen LogP contribution in [-0.2, 0) is 4.79 Å². The first-order valence-corrected chi connectivity index (χ1v) is 5.41. The van der Waals surface area contributed by atoms with Gasteiger partial charge in [0, 0.05) is 21.3 Å². The third-order valence-electron chi connectivity index (χ3n) is 1.63. The van der Waals surface area contributed by atoms with E-state index in [1.165, 1.54) is 0 Å². The molecule has 0 aromatic heterocycles. The van der Waals surface area contributed by atoms with Crippen molar-refractivity contribution >= 4 is 37.8 Å². The van der Waals surface area contributed by atoms with Crippen molar-refractivity contribution in [3.63, 3.8) is 0 Å². The Labute approximate surface area is 98.0 Å². The molecule has 0 spiro atoms. The first-order chi connectivity index (χ1) is 6.49. The highest BCUT2D eigenvalue weighted by molar-refractivity contribution is 9.11. The number of aliphatic hydroxyl groups is 1. The number of benzene rings is 1. The molecule has 1 aromatic rings. The number of carbonyl (C=O) groups is 1. The van der Waals surface area contributed by atoms with Crippen LogP contribution in [0.15, 0.2) is 27.1 Å². The summed E-state index contributed by atoms with van der Waals surface area (Å²) in [6, 6.07) is 5.13. The zero-order valence-corrected chi connectivity index (χ0v) is 10.2. The highest BCUT2D eigenvalue weighted by Gasteiger charge is 2.09.